The minimum Gasteiger partial charge on any atom is -0.484 e. The van der Waals surface area contributed by atoms with Crippen LogP contribution in [0.5, 0.6) is 5.75 Å². The summed E-state index contributed by atoms with van der Waals surface area (Å²) < 4.78 is 12.6. The molecule has 7 nitrogen and oxygen atoms in total. The van der Waals surface area contributed by atoms with Gasteiger partial charge in [0.2, 0.25) is 0 Å². The Morgan fingerprint density at radius 2 is 2.18 bits per heavy atom. The fraction of sp³-hybridized carbons (Fsp3) is 0.381. The first-order valence-electron chi connectivity index (χ1n) is 9.66. The van der Waals surface area contributed by atoms with E-state index < -0.39 is 0 Å². The van der Waals surface area contributed by atoms with Crippen LogP contribution in [0.15, 0.2) is 45.8 Å². The molecule has 1 aliphatic rings. The molecule has 0 atom stereocenters. The first kappa shape index (κ1) is 18.3. The number of benzene rings is 1. The van der Waals surface area contributed by atoms with Crippen molar-refractivity contribution in [1.29, 1.82) is 0 Å². The Hall–Kier alpha value is -3.09. The van der Waals surface area contributed by atoms with Gasteiger partial charge in [-0.2, -0.15) is 0 Å². The number of hydrogen-bond donors (Lipinski definition) is 1. The molecule has 3 aromatic rings. The van der Waals surface area contributed by atoms with E-state index in [4.69, 9.17) is 9.15 Å². The molecule has 0 saturated carbocycles. The molecule has 0 fully saturated rings. The van der Waals surface area contributed by atoms with Crippen LogP contribution in [0.3, 0.4) is 0 Å². The molecule has 146 valence electrons. The topological polar surface area (TPSA) is 86.4 Å². The third kappa shape index (κ3) is 4.08. The molecule has 4 rings (SSSR count). The molecule has 0 aliphatic carbocycles. The number of nitrogens with zero attached hydrogens (tertiary/aromatic N) is 2. The number of rotatable bonds is 6. The lowest BCUT2D eigenvalue weighted by Crippen LogP contribution is -2.30. The first-order valence-corrected chi connectivity index (χ1v) is 9.66. The highest BCUT2D eigenvalue weighted by Gasteiger charge is 2.14. The molecule has 28 heavy (non-hydrogen) atoms. The number of carbonyl (C=O) groups is 1. The van der Waals surface area contributed by atoms with Crippen LogP contribution in [-0.4, -0.2) is 28.6 Å². The Morgan fingerprint density at radius 3 is 3.04 bits per heavy atom. The van der Waals surface area contributed by atoms with Gasteiger partial charge < -0.3 is 14.5 Å². The lowest BCUT2D eigenvalue weighted by molar-refractivity contribution is -0.123. The highest BCUT2D eigenvalue weighted by atomic mass is 16.5. The first-order chi connectivity index (χ1) is 13.7. The van der Waals surface area contributed by atoms with Crippen LogP contribution in [0.1, 0.15) is 30.8 Å². The Morgan fingerprint density at radius 1 is 1.25 bits per heavy atom. The summed E-state index contributed by atoms with van der Waals surface area (Å²) in [6.45, 7) is 1.08. The summed E-state index contributed by atoms with van der Waals surface area (Å²) in [5.74, 6) is 1.95. The SMILES string of the molecule is O=C(COc1ccc2nc3n(c(=O)c2c1)CCCCC3)NCCc1ccco1. The quantitative estimate of drug-likeness (QED) is 0.709. The van der Waals surface area contributed by atoms with Gasteiger partial charge in [0.05, 0.1) is 17.2 Å². The number of fused-ring (bicyclic) bond motifs is 2. The third-order valence-corrected chi connectivity index (χ3v) is 4.93. The maximum atomic E-state index is 12.8. The number of carbonyl (C=O) groups excluding carboxylic acids is 1. The van der Waals surface area contributed by atoms with Gasteiger partial charge in [-0.25, -0.2) is 4.98 Å². The zero-order valence-corrected chi connectivity index (χ0v) is 15.6. The Bertz CT molecular complexity index is 1020. The van der Waals surface area contributed by atoms with Crippen molar-refractivity contribution < 1.29 is 13.9 Å². The Labute approximate surface area is 162 Å². The molecule has 0 radical (unpaired) electrons. The summed E-state index contributed by atoms with van der Waals surface area (Å²) in [5, 5.41) is 3.31. The van der Waals surface area contributed by atoms with Crippen molar-refractivity contribution >= 4 is 16.8 Å². The van der Waals surface area contributed by atoms with Gasteiger partial charge in [-0.05, 0) is 43.2 Å². The Balaban J connectivity index is 1.41. The molecular weight excluding hydrogens is 358 g/mol. The van der Waals surface area contributed by atoms with Gasteiger partial charge in [-0.3, -0.25) is 14.2 Å². The van der Waals surface area contributed by atoms with Crippen molar-refractivity contribution in [3.63, 3.8) is 0 Å². The van der Waals surface area contributed by atoms with Gasteiger partial charge in [0.15, 0.2) is 6.61 Å². The van der Waals surface area contributed by atoms with Gasteiger partial charge >= 0.3 is 0 Å². The predicted molar refractivity (Wildman–Crippen MR) is 104 cm³/mol. The van der Waals surface area contributed by atoms with Crippen molar-refractivity contribution in [2.24, 2.45) is 0 Å². The molecule has 0 spiro atoms. The second kappa shape index (κ2) is 8.29. The van der Waals surface area contributed by atoms with E-state index in [1.54, 1.807) is 29.0 Å². The van der Waals surface area contributed by atoms with E-state index in [2.05, 4.69) is 10.3 Å². The van der Waals surface area contributed by atoms with Crippen LogP contribution < -0.4 is 15.6 Å². The normalized spacial score (nSPS) is 13.7. The summed E-state index contributed by atoms with van der Waals surface area (Å²) in [7, 11) is 0. The fourth-order valence-corrected chi connectivity index (χ4v) is 3.47. The van der Waals surface area contributed by atoms with Crippen LogP contribution in [0.4, 0.5) is 0 Å². The van der Waals surface area contributed by atoms with Gasteiger partial charge in [0.25, 0.3) is 11.5 Å². The molecule has 7 heteroatoms. The number of furan rings is 1. The average Bonchev–Trinajstić information content (AvgIpc) is 3.10. The van der Waals surface area contributed by atoms with Crippen molar-refractivity contribution in [2.75, 3.05) is 13.2 Å². The Kier molecular flexibility index (Phi) is 5.41. The van der Waals surface area contributed by atoms with Crippen molar-refractivity contribution in [2.45, 2.75) is 38.6 Å². The molecule has 1 aromatic carbocycles. The second-order valence-corrected chi connectivity index (χ2v) is 6.94. The van der Waals surface area contributed by atoms with Crippen molar-refractivity contribution in [3.05, 3.63) is 58.5 Å². The zero-order chi connectivity index (χ0) is 19.3. The van der Waals surface area contributed by atoms with Crippen molar-refractivity contribution in [1.82, 2.24) is 14.9 Å². The number of ether oxygens (including phenoxy) is 1. The van der Waals surface area contributed by atoms with Gasteiger partial charge in [0, 0.05) is 25.9 Å². The number of aromatic nitrogens is 2. The van der Waals surface area contributed by atoms with Gasteiger partial charge in [-0.15, -0.1) is 0 Å². The summed E-state index contributed by atoms with van der Waals surface area (Å²) in [5.41, 5.74) is 0.642. The molecule has 0 saturated heterocycles. The zero-order valence-electron chi connectivity index (χ0n) is 15.6. The van der Waals surface area contributed by atoms with Gasteiger partial charge in [0.1, 0.15) is 17.3 Å². The monoisotopic (exact) mass is 381 g/mol. The van der Waals surface area contributed by atoms with Gasteiger partial charge in [-0.1, -0.05) is 6.42 Å². The number of nitrogens with one attached hydrogen (secondary N) is 1. The van der Waals surface area contributed by atoms with E-state index in [0.717, 1.165) is 37.3 Å². The molecular formula is C21H23N3O4. The van der Waals surface area contributed by atoms with E-state index in [1.807, 2.05) is 12.1 Å². The van der Waals surface area contributed by atoms with Crippen molar-refractivity contribution in [3.8, 4) is 5.75 Å². The van der Waals surface area contributed by atoms with Crippen LogP contribution in [-0.2, 0) is 24.2 Å². The minimum atomic E-state index is -0.219. The second-order valence-electron chi connectivity index (χ2n) is 6.94. The molecule has 2 aromatic heterocycles. The number of aryl methyl sites for hydroxylation is 1. The highest BCUT2D eigenvalue weighted by Crippen LogP contribution is 2.19. The lowest BCUT2D eigenvalue weighted by atomic mass is 10.2. The van der Waals surface area contributed by atoms with E-state index in [9.17, 15) is 9.59 Å². The maximum absolute atomic E-state index is 12.8. The molecule has 1 amide bonds. The molecule has 1 aliphatic heterocycles. The third-order valence-electron chi connectivity index (χ3n) is 4.93. The predicted octanol–water partition coefficient (Wildman–Crippen LogP) is 2.45. The largest absolute Gasteiger partial charge is 0.484 e. The molecule has 0 unspecified atom stereocenters. The molecule has 0 bridgehead atoms. The summed E-state index contributed by atoms with van der Waals surface area (Å²) in [6.07, 6.45) is 6.24. The van der Waals surface area contributed by atoms with Crippen LogP contribution in [0.2, 0.25) is 0 Å². The summed E-state index contributed by atoms with van der Waals surface area (Å²) >= 11 is 0. The van der Waals surface area contributed by atoms with Crippen LogP contribution in [0, 0.1) is 0 Å². The van der Waals surface area contributed by atoms with E-state index in [0.29, 0.717) is 36.2 Å². The van der Waals surface area contributed by atoms with E-state index in [1.165, 1.54) is 0 Å². The maximum Gasteiger partial charge on any atom is 0.261 e. The average molecular weight is 381 g/mol. The highest BCUT2D eigenvalue weighted by molar-refractivity contribution is 5.80. The summed E-state index contributed by atoms with van der Waals surface area (Å²) in [4.78, 5) is 29.5. The number of amides is 1. The molecule has 1 N–H and O–H groups in total. The summed E-state index contributed by atoms with van der Waals surface area (Å²) in [6, 6.07) is 8.89. The minimum absolute atomic E-state index is 0.0322. The number of hydrogen-bond acceptors (Lipinski definition) is 5. The smallest absolute Gasteiger partial charge is 0.261 e. The fourth-order valence-electron chi connectivity index (χ4n) is 3.47. The van der Waals surface area contributed by atoms with Crippen LogP contribution >= 0.6 is 0 Å². The van der Waals surface area contributed by atoms with E-state index >= 15 is 0 Å². The standard InChI is InChI=1S/C21H23N3O4/c25-20(22-10-9-15-5-4-12-27-15)14-28-16-7-8-18-17(13-16)21(26)24-11-3-1-2-6-19(24)23-18/h4-5,7-8,12-13H,1-3,6,9-11,14H2,(H,22,25). The van der Waals surface area contributed by atoms with E-state index in [-0.39, 0.29) is 18.1 Å². The molecule has 3 heterocycles. The van der Waals surface area contributed by atoms with Crippen LogP contribution in [0.25, 0.3) is 10.9 Å². The lowest BCUT2D eigenvalue weighted by Gasteiger charge is -2.11.